The first-order valence-corrected chi connectivity index (χ1v) is 7.94. The summed E-state index contributed by atoms with van der Waals surface area (Å²) >= 11 is 0. The first-order chi connectivity index (χ1) is 9.42. The Morgan fingerprint density at radius 3 is 2.68 bits per heavy atom. The predicted octanol–water partition coefficient (Wildman–Crippen LogP) is 3.42. The molecule has 3 heteroatoms. The van der Waals surface area contributed by atoms with Gasteiger partial charge in [-0.3, -0.25) is 0 Å². The van der Waals surface area contributed by atoms with Crippen molar-refractivity contribution in [2.24, 2.45) is 0 Å². The van der Waals surface area contributed by atoms with Crippen molar-refractivity contribution in [3.05, 3.63) is 23.3 Å². The van der Waals surface area contributed by atoms with E-state index in [1.54, 1.807) is 6.33 Å². The topological polar surface area (TPSA) is 37.8 Å². The van der Waals surface area contributed by atoms with E-state index in [9.17, 15) is 0 Å². The smallest absolute Gasteiger partial charge is 0.115 e. The Hall–Kier alpha value is -0.960. The molecule has 1 aromatic rings. The van der Waals surface area contributed by atoms with Gasteiger partial charge in [0.15, 0.2) is 0 Å². The molecule has 0 aromatic carbocycles. The van der Waals surface area contributed by atoms with Crippen molar-refractivity contribution in [1.82, 2.24) is 15.3 Å². The number of fused-ring (bicyclic) bond motifs is 1. The third-order valence-electron chi connectivity index (χ3n) is 3.98. The Morgan fingerprint density at radius 2 is 1.84 bits per heavy atom. The van der Waals surface area contributed by atoms with E-state index in [0.717, 1.165) is 25.9 Å². The zero-order valence-corrected chi connectivity index (χ0v) is 12.2. The molecule has 0 fully saturated rings. The van der Waals surface area contributed by atoms with Crippen LogP contribution < -0.4 is 5.32 Å². The molecule has 0 amide bonds. The fraction of sp³-hybridized carbons (Fsp3) is 0.750. The van der Waals surface area contributed by atoms with Crippen molar-refractivity contribution < 1.29 is 0 Å². The summed E-state index contributed by atoms with van der Waals surface area (Å²) in [6.07, 6.45) is 13.5. The summed E-state index contributed by atoms with van der Waals surface area (Å²) in [5, 5.41) is 3.43. The van der Waals surface area contributed by atoms with E-state index in [2.05, 4.69) is 22.2 Å². The largest absolute Gasteiger partial charge is 0.312 e. The molecule has 0 saturated carbocycles. The van der Waals surface area contributed by atoms with Crippen molar-refractivity contribution in [3.8, 4) is 0 Å². The summed E-state index contributed by atoms with van der Waals surface area (Å²) in [6, 6.07) is 0. The van der Waals surface area contributed by atoms with Gasteiger partial charge >= 0.3 is 0 Å². The Labute approximate surface area is 117 Å². The monoisotopic (exact) mass is 261 g/mol. The van der Waals surface area contributed by atoms with E-state index in [4.69, 9.17) is 0 Å². The van der Waals surface area contributed by atoms with Crippen molar-refractivity contribution >= 4 is 0 Å². The SMILES string of the molecule is CCCCCCCCCc1ncnc2c1CNCC2. The summed E-state index contributed by atoms with van der Waals surface area (Å²) in [5.41, 5.74) is 3.93. The highest BCUT2D eigenvalue weighted by Gasteiger charge is 2.14. The van der Waals surface area contributed by atoms with Crippen molar-refractivity contribution in [3.63, 3.8) is 0 Å². The fourth-order valence-corrected chi connectivity index (χ4v) is 2.80. The number of aromatic nitrogens is 2. The van der Waals surface area contributed by atoms with Gasteiger partial charge in [-0.15, -0.1) is 0 Å². The lowest BCUT2D eigenvalue weighted by molar-refractivity contribution is 0.577. The number of nitrogens with one attached hydrogen (secondary N) is 1. The highest BCUT2D eigenvalue weighted by molar-refractivity contribution is 5.26. The van der Waals surface area contributed by atoms with Gasteiger partial charge < -0.3 is 5.32 Å². The lowest BCUT2D eigenvalue weighted by Crippen LogP contribution is -2.26. The maximum absolute atomic E-state index is 4.49. The molecular formula is C16H27N3. The molecule has 0 atom stereocenters. The van der Waals surface area contributed by atoms with Crippen LogP contribution in [0.25, 0.3) is 0 Å². The quantitative estimate of drug-likeness (QED) is 0.729. The van der Waals surface area contributed by atoms with Gasteiger partial charge in [0.05, 0.1) is 0 Å². The zero-order chi connectivity index (χ0) is 13.3. The minimum atomic E-state index is 0.960. The highest BCUT2D eigenvalue weighted by Crippen LogP contribution is 2.17. The van der Waals surface area contributed by atoms with Crippen LogP contribution in [0.4, 0.5) is 0 Å². The Morgan fingerprint density at radius 1 is 1.05 bits per heavy atom. The first-order valence-electron chi connectivity index (χ1n) is 7.94. The number of hydrogen-bond acceptors (Lipinski definition) is 3. The third-order valence-corrected chi connectivity index (χ3v) is 3.98. The minimum absolute atomic E-state index is 0.960. The second-order valence-electron chi connectivity index (χ2n) is 5.54. The lowest BCUT2D eigenvalue weighted by atomic mass is 10.0. The lowest BCUT2D eigenvalue weighted by Gasteiger charge is -2.18. The Balaban J connectivity index is 1.71. The van der Waals surface area contributed by atoms with Crippen LogP contribution in [0.15, 0.2) is 6.33 Å². The first kappa shape index (κ1) is 14.4. The Bertz CT molecular complexity index is 376. The van der Waals surface area contributed by atoms with E-state index in [0.29, 0.717) is 0 Å². The third kappa shape index (κ3) is 4.57. The van der Waals surface area contributed by atoms with Crippen molar-refractivity contribution in [2.75, 3.05) is 6.54 Å². The molecule has 0 aliphatic carbocycles. The van der Waals surface area contributed by atoms with Gasteiger partial charge in [-0.2, -0.15) is 0 Å². The van der Waals surface area contributed by atoms with Crippen LogP contribution in [0.2, 0.25) is 0 Å². The molecule has 0 unspecified atom stereocenters. The van der Waals surface area contributed by atoms with Crippen LogP contribution in [0.3, 0.4) is 0 Å². The molecular weight excluding hydrogens is 234 g/mol. The molecule has 106 valence electrons. The normalized spacial score (nSPS) is 14.4. The van der Waals surface area contributed by atoms with Crippen molar-refractivity contribution in [1.29, 1.82) is 0 Å². The number of rotatable bonds is 8. The van der Waals surface area contributed by atoms with E-state index in [1.165, 1.54) is 61.9 Å². The van der Waals surface area contributed by atoms with Crippen LogP contribution >= 0.6 is 0 Å². The number of unbranched alkanes of at least 4 members (excludes halogenated alkanes) is 6. The molecule has 0 bridgehead atoms. The summed E-state index contributed by atoms with van der Waals surface area (Å²) in [7, 11) is 0. The predicted molar refractivity (Wildman–Crippen MR) is 79.1 cm³/mol. The number of hydrogen-bond donors (Lipinski definition) is 1. The van der Waals surface area contributed by atoms with E-state index < -0.39 is 0 Å². The van der Waals surface area contributed by atoms with Crippen molar-refractivity contribution in [2.45, 2.75) is 71.3 Å². The van der Waals surface area contributed by atoms with Gasteiger partial charge in [-0.25, -0.2) is 9.97 Å². The van der Waals surface area contributed by atoms with Gasteiger partial charge in [-0.05, 0) is 12.8 Å². The molecule has 2 rings (SSSR count). The summed E-state index contributed by atoms with van der Waals surface area (Å²) in [4.78, 5) is 8.90. The van der Waals surface area contributed by atoms with E-state index in [-0.39, 0.29) is 0 Å². The summed E-state index contributed by atoms with van der Waals surface area (Å²) in [6.45, 7) is 4.29. The molecule has 3 nitrogen and oxygen atoms in total. The van der Waals surface area contributed by atoms with Gasteiger partial charge in [0.1, 0.15) is 6.33 Å². The second kappa shape index (κ2) is 8.26. The van der Waals surface area contributed by atoms with Gasteiger partial charge in [0.25, 0.3) is 0 Å². The molecule has 1 aliphatic heterocycles. The van der Waals surface area contributed by atoms with Gasteiger partial charge in [-0.1, -0.05) is 45.4 Å². The average molecular weight is 261 g/mol. The van der Waals surface area contributed by atoms with Gasteiger partial charge in [0.2, 0.25) is 0 Å². The van der Waals surface area contributed by atoms with E-state index in [1.807, 2.05) is 0 Å². The molecule has 0 spiro atoms. The Kier molecular flexibility index (Phi) is 6.28. The highest BCUT2D eigenvalue weighted by atomic mass is 14.9. The number of nitrogens with zero attached hydrogens (tertiary/aromatic N) is 2. The van der Waals surface area contributed by atoms with E-state index >= 15 is 0 Å². The second-order valence-corrected chi connectivity index (χ2v) is 5.54. The summed E-state index contributed by atoms with van der Waals surface area (Å²) in [5.74, 6) is 0. The molecule has 1 N–H and O–H groups in total. The van der Waals surface area contributed by atoms with Crippen LogP contribution in [0.1, 0.15) is 68.8 Å². The fourth-order valence-electron chi connectivity index (χ4n) is 2.80. The zero-order valence-electron chi connectivity index (χ0n) is 12.2. The van der Waals surface area contributed by atoms with Crippen LogP contribution in [0.5, 0.6) is 0 Å². The molecule has 0 saturated heterocycles. The average Bonchev–Trinajstić information content (AvgIpc) is 2.46. The molecule has 19 heavy (non-hydrogen) atoms. The standard InChI is InChI=1S/C16H27N3/c1-2-3-4-5-6-7-8-9-15-14-12-17-11-10-16(14)19-13-18-15/h13,17H,2-12H2,1H3. The summed E-state index contributed by atoms with van der Waals surface area (Å²) < 4.78 is 0. The maximum atomic E-state index is 4.49. The molecule has 1 aliphatic rings. The van der Waals surface area contributed by atoms with Crippen LogP contribution in [-0.2, 0) is 19.4 Å². The van der Waals surface area contributed by atoms with Crippen LogP contribution in [0, 0.1) is 0 Å². The van der Waals surface area contributed by atoms with Gasteiger partial charge in [0, 0.05) is 36.5 Å². The maximum Gasteiger partial charge on any atom is 0.115 e. The molecule has 1 aromatic heterocycles. The minimum Gasteiger partial charge on any atom is -0.312 e. The van der Waals surface area contributed by atoms with Crippen LogP contribution in [-0.4, -0.2) is 16.5 Å². The molecule has 2 heterocycles. The molecule has 0 radical (unpaired) electrons. The number of aryl methyl sites for hydroxylation is 1.